The van der Waals surface area contributed by atoms with Crippen LogP contribution >= 0.6 is 0 Å². The smallest absolute Gasteiger partial charge is 0.254 e. The average Bonchev–Trinajstić information content (AvgIpc) is 2.86. The van der Waals surface area contributed by atoms with E-state index in [-0.39, 0.29) is 5.91 Å². The van der Waals surface area contributed by atoms with Gasteiger partial charge in [-0.1, -0.05) is 0 Å². The van der Waals surface area contributed by atoms with Gasteiger partial charge in [0.05, 0.1) is 6.54 Å². The van der Waals surface area contributed by atoms with Crippen LogP contribution < -0.4 is 0 Å². The Balaban J connectivity index is 1.81. The van der Waals surface area contributed by atoms with Crippen LogP contribution in [0.1, 0.15) is 16.1 Å². The van der Waals surface area contributed by atoms with Gasteiger partial charge in [0.1, 0.15) is 0 Å². The number of pyridine rings is 1. The van der Waals surface area contributed by atoms with Gasteiger partial charge >= 0.3 is 0 Å². The van der Waals surface area contributed by atoms with Gasteiger partial charge in [0.2, 0.25) is 0 Å². The lowest BCUT2D eigenvalue weighted by Crippen LogP contribution is -2.37. The van der Waals surface area contributed by atoms with Gasteiger partial charge in [-0.3, -0.25) is 9.78 Å². The first-order valence-corrected chi connectivity index (χ1v) is 5.68. The first kappa shape index (κ1) is 10.1. The van der Waals surface area contributed by atoms with Gasteiger partial charge in [-0.25, -0.2) is 0 Å². The largest absolute Gasteiger partial charge is 0.348 e. The minimum Gasteiger partial charge on any atom is -0.348 e. The number of rotatable bonds is 1. The normalized spacial score (nSPS) is 14.5. The molecule has 0 N–H and O–H groups in total. The third-order valence-corrected chi connectivity index (χ3v) is 3.10. The highest BCUT2D eigenvalue weighted by Gasteiger charge is 2.20. The molecule has 0 aromatic carbocycles. The molecule has 3 rings (SSSR count). The van der Waals surface area contributed by atoms with Crippen molar-refractivity contribution in [1.29, 1.82) is 0 Å². The van der Waals surface area contributed by atoms with Crippen molar-refractivity contribution in [3.8, 4) is 0 Å². The maximum absolute atomic E-state index is 12.2. The molecule has 86 valence electrons. The van der Waals surface area contributed by atoms with E-state index in [1.165, 1.54) is 5.69 Å². The van der Waals surface area contributed by atoms with Crippen LogP contribution in [-0.4, -0.2) is 26.9 Å². The van der Waals surface area contributed by atoms with Crippen LogP contribution in [0, 0.1) is 0 Å². The molecule has 4 nitrogen and oxygen atoms in total. The van der Waals surface area contributed by atoms with Crippen molar-refractivity contribution in [2.45, 2.75) is 13.1 Å². The van der Waals surface area contributed by atoms with E-state index in [1.54, 1.807) is 24.5 Å². The van der Waals surface area contributed by atoms with Crippen LogP contribution in [0.2, 0.25) is 0 Å². The zero-order chi connectivity index (χ0) is 11.7. The SMILES string of the molecule is O=C(c1ccncc1)N1CCn2cccc2C1. The molecule has 0 spiro atoms. The summed E-state index contributed by atoms with van der Waals surface area (Å²) in [5.74, 6) is 0.0832. The summed E-state index contributed by atoms with van der Waals surface area (Å²) in [7, 11) is 0. The molecule has 2 aromatic rings. The summed E-state index contributed by atoms with van der Waals surface area (Å²) < 4.78 is 2.19. The molecule has 4 heteroatoms. The first-order chi connectivity index (χ1) is 8.34. The van der Waals surface area contributed by atoms with Crippen molar-refractivity contribution in [3.63, 3.8) is 0 Å². The lowest BCUT2D eigenvalue weighted by Gasteiger charge is -2.28. The minimum atomic E-state index is 0.0832. The summed E-state index contributed by atoms with van der Waals surface area (Å²) in [4.78, 5) is 18.0. The molecule has 0 bridgehead atoms. The minimum absolute atomic E-state index is 0.0832. The molecule has 0 aliphatic carbocycles. The van der Waals surface area contributed by atoms with Crippen molar-refractivity contribution in [3.05, 3.63) is 54.1 Å². The Hall–Kier alpha value is -2.10. The van der Waals surface area contributed by atoms with Crippen molar-refractivity contribution >= 4 is 5.91 Å². The Kier molecular flexibility index (Phi) is 2.40. The Morgan fingerprint density at radius 2 is 2.00 bits per heavy atom. The predicted molar refractivity (Wildman–Crippen MR) is 63.4 cm³/mol. The van der Waals surface area contributed by atoms with E-state index in [9.17, 15) is 4.79 Å². The standard InChI is InChI=1S/C13H13N3O/c17-13(11-3-5-14-6-4-11)16-9-8-15-7-1-2-12(15)10-16/h1-7H,8-10H2. The molecule has 17 heavy (non-hydrogen) atoms. The van der Waals surface area contributed by atoms with E-state index in [0.29, 0.717) is 12.1 Å². The summed E-state index contributed by atoms with van der Waals surface area (Å²) in [6.45, 7) is 2.33. The Labute approximate surface area is 99.5 Å². The quantitative estimate of drug-likeness (QED) is 0.741. The molecule has 0 unspecified atom stereocenters. The maximum Gasteiger partial charge on any atom is 0.254 e. The Morgan fingerprint density at radius 3 is 2.82 bits per heavy atom. The van der Waals surface area contributed by atoms with Gasteiger partial charge in [-0.15, -0.1) is 0 Å². The van der Waals surface area contributed by atoms with Crippen molar-refractivity contribution < 1.29 is 4.79 Å². The highest BCUT2D eigenvalue weighted by Crippen LogP contribution is 2.15. The monoisotopic (exact) mass is 227 g/mol. The van der Waals surface area contributed by atoms with E-state index >= 15 is 0 Å². The highest BCUT2D eigenvalue weighted by atomic mass is 16.2. The number of carbonyl (C=O) groups is 1. The van der Waals surface area contributed by atoms with E-state index in [4.69, 9.17) is 0 Å². The second-order valence-electron chi connectivity index (χ2n) is 4.16. The van der Waals surface area contributed by atoms with Crippen LogP contribution in [0.25, 0.3) is 0 Å². The molecule has 3 heterocycles. The molecular formula is C13H13N3O. The maximum atomic E-state index is 12.2. The number of aromatic nitrogens is 2. The molecule has 2 aromatic heterocycles. The summed E-state index contributed by atoms with van der Waals surface area (Å²) in [5, 5.41) is 0. The van der Waals surface area contributed by atoms with E-state index in [2.05, 4.69) is 21.8 Å². The number of nitrogens with zero attached hydrogens (tertiary/aromatic N) is 3. The fraction of sp³-hybridized carbons (Fsp3) is 0.231. The van der Waals surface area contributed by atoms with Crippen molar-refractivity contribution in [1.82, 2.24) is 14.5 Å². The van der Waals surface area contributed by atoms with Crippen molar-refractivity contribution in [2.24, 2.45) is 0 Å². The number of hydrogen-bond donors (Lipinski definition) is 0. The Bertz CT molecular complexity index is 533. The molecular weight excluding hydrogens is 214 g/mol. The first-order valence-electron chi connectivity index (χ1n) is 5.68. The second kappa shape index (κ2) is 4.05. The van der Waals surface area contributed by atoms with Gasteiger partial charge in [0, 0.05) is 42.9 Å². The van der Waals surface area contributed by atoms with Gasteiger partial charge in [0.25, 0.3) is 5.91 Å². The van der Waals surface area contributed by atoms with Crippen LogP contribution in [0.4, 0.5) is 0 Å². The van der Waals surface area contributed by atoms with Crippen molar-refractivity contribution in [2.75, 3.05) is 6.54 Å². The number of carbonyl (C=O) groups excluding carboxylic acids is 1. The lowest BCUT2D eigenvalue weighted by atomic mass is 10.2. The lowest BCUT2D eigenvalue weighted by molar-refractivity contribution is 0.0711. The van der Waals surface area contributed by atoms with E-state index in [0.717, 1.165) is 13.1 Å². The molecule has 1 aliphatic rings. The van der Waals surface area contributed by atoms with Crippen LogP contribution in [0.3, 0.4) is 0 Å². The van der Waals surface area contributed by atoms with Gasteiger partial charge in [0.15, 0.2) is 0 Å². The average molecular weight is 227 g/mol. The summed E-state index contributed by atoms with van der Waals surface area (Å²) >= 11 is 0. The molecule has 1 aliphatic heterocycles. The summed E-state index contributed by atoms with van der Waals surface area (Å²) in [6, 6.07) is 7.60. The third-order valence-electron chi connectivity index (χ3n) is 3.10. The fourth-order valence-corrected chi connectivity index (χ4v) is 2.16. The van der Waals surface area contributed by atoms with E-state index in [1.807, 2.05) is 11.0 Å². The fourth-order valence-electron chi connectivity index (χ4n) is 2.16. The zero-order valence-electron chi connectivity index (χ0n) is 9.41. The van der Waals surface area contributed by atoms with Crippen LogP contribution in [-0.2, 0) is 13.1 Å². The Morgan fingerprint density at radius 1 is 1.18 bits per heavy atom. The van der Waals surface area contributed by atoms with Crippen LogP contribution in [0.15, 0.2) is 42.9 Å². The van der Waals surface area contributed by atoms with Gasteiger partial charge < -0.3 is 9.47 Å². The summed E-state index contributed by atoms with van der Waals surface area (Å²) in [6.07, 6.45) is 5.36. The molecule has 0 radical (unpaired) electrons. The van der Waals surface area contributed by atoms with Gasteiger partial charge in [-0.05, 0) is 24.3 Å². The highest BCUT2D eigenvalue weighted by molar-refractivity contribution is 5.94. The molecule has 0 fully saturated rings. The number of fused-ring (bicyclic) bond motifs is 1. The summed E-state index contributed by atoms with van der Waals surface area (Å²) in [5.41, 5.74) is 1.90. The molecule has 0 saturated carbocycles. The zero-order valence-corrected chi connectivity index (χ0v) is 9.41. The number of hydrogen-bond acceptors (Lipinski definition) is 2. The molecule has 0 atom stereocenters. The van der Waals surface area contributed by atoms with E-state index < -0.39 is 0 Å². The third kappa shape index (κ3) is 1.82. The predicted octanol–water partition coefficient (Wildman–Crippen LogP) is 1.54. The van der Waals surface area contributed by atoms with Gasteiger partial charge in [-0.2, -0.15) is 0 Å². The number of amides is 1. The second-order valence-corrected chi connectivity index (χ2v) is 4.16. The molecule has 1 amide bonds. The molecule has 0 saturated heterocycles. The topological polar surface area (TPSA) is 38.1 Å². The van der Waals surface area contributed by atoms with Crippen LogP contribution in [0.5, 0.6) is 0 Å².